The Morgan fingerprint density at radius 2 is 1.70 bits per heavy atom. The van der Waals surface area contributed by atoms with Gasteiger partial charge >= 0.3 is 0 Å². The van der Waals surface area contributed by atoms with Gasteiger partial charge in [-0.3, -0.25) is 9.10 Å². The number of nitrogens with zero attached hydrogens (tertiary/aromatic N) is 2. The zero-order chi connectivity index (χ0) is 21.1. The van der Waals surface area contributed by atoms with Gasteiger partial charge in [-0.2, -0.15) is 0 Å². The number of amides is 1. The molecule has 0 saturated heterocycles. The minimum Gasteiger partial charge on any atom is -0.322 e. The van der Waals surface area contributed by atoms with E-state index in [4.69, 9.17) is 0 Å². The van der Waals surface area contributed by atoms with Crippen LogP contribution in [0.15, 0.2) is 95.5 Å². The van der Waals surface area contributed by atoms with Crippen molar-refractivity contribution in [3.63, 3.8) is 0 Å². The summed E-state index contributed by atoms with van der Waals surface area (Å²) < 4.78 is 29.1. The second-order valence-corrected chi connectivity index (χ2v) is 9.40. The van der Waals surface area contributed by atoms with Crippen LogP contribution >= 0.6 is 11.3 Å². The predicted octanol–water partition coefficient (Wildman–Crippen LogP) is 4.62. The highest BCUT2D eigenvalue weighted by molar-refractivity contribution is 7.92. The fraction of sp³-hybridized carbons (Fsp3) is 0.0455. The summed E-state index contributed by atoms with van der Waals surface area (Å²) in [6, 6.07) is 20.7. The van der Waals surface area contributed by atoms with Crippen LogP contribution in [0.25, 0.3) is 5.69 Å². The molecule has 0 aliphatic rings. The Kier molecular flexibility index (Phi) is 5.43. The van der Waals surface area contributed by atoms with Gasteiger partial charge in [-0.25, -0.2) is 8.42 Å². The molecule has 4 rings (SSSR count). The first-order valence-electron chi connectivity index (χ1n) is 9.13. The molecule has 0 fully saturated rings. The van der Waals surface area contributed by atoms with Crippen LogP contribution < -0.4 is 9.62 Å². The SMILES string of the molecule is CN(c1ccccc1)S(=O)(=O)c1cccc(NC(=O)c2sccc2-n2cccc2)c1. The normalized spacial score (nSPS) is 11.2. The maximum atomic E-state index is 13.0. The number of para-hydroxylation sites is 1. The van der Waals surface area contributed by atoms with Gasteiger partial charge in [-0.1, -0.05) is 24.3 Å². The number of hydrogen-bond acceptors (Lipinski definition) is 4. The number of hydrogen-bond donors (Lipinski definition) is 1. The molecule has 2 aromatic carbocycles. The molecule has 0 aliphatic carbocycles. The summed E-state index contributed by atoms with van der Waals surface area (Å²) in [4.78, 5) is 13.5. The van der Waals surface area contributed by atoms with E-state index >= 15 is 0 Å². The average Bonchev–Trinajstić information content (AvgIpc) is 3.45. The molecule has 0 atom stereocenters. The Bertz CT molecular complexity index is 1260. The highest BCUT2D eigenvalue weighted by atomic mass is 32.2. The van der Waals surface area contributed by atoms with E-state index in [2.05, 4.69) is 5.32 Å². The maximum absolute atomic E-state index is 13.0. The third-order valence-corrected chi connectivity index (χ3v) is 7.29. The molecule has 0 spiro atoms. The minimum atomic E-state index is -3.77. The zero-order valence-electron chi connectivity index (χ0n) is 16.1. The van der Waals surface area contributed by atoms with Gasteiger partial charge in [-0.15, -0.1) is 11.3 Å². The first kappa shape index (κ1) is 19.9. The lowest BCUT2D eigenvalue weighted by Gasteiger charge is -2.19. The van der Waals surface area contributed by atoms with Gasteiger partial charge in [0.15, 0.2) is 0 Å². The maximum Gasteiger partial charge on any atom is 0.267 e. The predicted molar refractivity (Wildman–Crippen MR) is 120 cm³/mol. The van der Waals surface area contributed by atoms with E-state index in [0.717, 1.165) is 5.69 Å². The van der Waals surface area contributed by atoms with Crippen molar-refractivity contribution in [3.8, 4) is 5.69 Å². The van der Waals surface area contributed by atoms with E-state index in [1.54, 1.807) is 36.4 Å². The summed E-state index contributed by atoms with van der Waals surface area (Å²) in [5.74, 6) is -0.292. The second kappa shape index (κ2) is 8.17. The number of carbonyl (C=O) groups excluding carboxylic acids is 1. The molecule has 30 heavy (non-hydrogen) atoms. The van der Waals surface area contributed by atoms with Crippen molar-refractivity contribution >= 4 is 38.6 Å². The van der Waals surface area contributed by atoms with Crippen LogP contribution in [0.1, 0.15) is 9.67 Å². The zero-order valence-corrected chi connectivity index (χ0v) is 17.7. The van der Waals surface area contributed by atoms with Crippen molar-refractivity contribution in [2.75, 3.05) is 16.7 Å². The van der Waals surface area contributed by atoms with E-state index in [0.29, 0.717) is 16.3 Å². The van der Waals surface area contributed by atoms with E-state index in [1.807, 2.05) is 46.6 Å². The van der Waals surface area contributed by atoms with Crippen molar-refractivity contribution in [1.29, 1.82) is 0 Å². The standard InChI is InChI=1S/C22H19N3O3S2/c1-24(18-9-3-2-4-10-18)30(27,28)19-11-7-8-17(16-19)23-22(26)21-20(12-15-29-21)25-13-5-6-14-25/h2-16H,1H3,(H,23,26). The molecule has 0 bridgehead atoms. The van der Waals surface area contributed by atoms with E-state index in [-0.39, 0.29) is 10.8 Å². The molecule has 2 aromatic heterocycles. The van der Waals surface area contributed by atoms with Crippen LogP contribution in [-0.4, -0.2) is 25.9 Å². The lowest BCUT2D eigenvalue weighted by molar-refractivity contribution is 0.103. The summed E-state index contributed by atoms with van der Waals surface area (Å²) in [6.45, 7) is 0. The topological polar surface area (TPSA) is 71.4 Å². The highest BCUT2D eigenvalue weighted by Crippen LogP contribution is 2.26. The van der Waals surface area contributed by atoms with Crippen molar-refractivity contribution < 1.29 is 13.2 Å². The monoisotopic (exact) mass is 437 g/mol. The number of aromatic nitrogens is 1. The van der Waals surface area contributed by atoms with Crippen LogP contribution in [0.3, 0.4) is 0 Å². The molecule has 1 N–H and O–H groups in total. The Morgan fingerprint density at radius 3 is 2.43 bits per heavy atom. The Hall–Kier alpha value is -3.36. The van der Waals surface area contributed by atoms with Gasteiger partial charge in [-0.05, 0) is 53.9 Å². The third kappa shape index (κ3) is 3.87. The fourth-order valence-electron chi connectivity index (χ4n) is 3.03. The van der Waals surface area contributed by atoms with E-state index in [9.17, 15) is 13.2 Å². The van der Waals surface area contributed by atoms with Gasteiger partial charge in [0.25, 0.3) is 15.9 Å². The average molecular weight is 438 g/mol. The molecule has 0 radical (unpaired) electrons. The van der Waals surface area contributed by atoms with Crippen LogP contribution in [-0.2, 0) is 10.0 Å². The fourth-order valence-corrected chi connectivity index (χ4v) is 5.06. The molecular weight excluding hydrogens is 418 g/mol. The first-order chi connectivity index (χ1) is 14.5. The molecular formula is C22H19N3O3S2. The minimum absolute atomic E-state index is 0.100. The van der Waals surface area contributed by atoms with Crippen molar-refractivity contribution in [1.82, 2.24) is 4.57 Å². The molecule has 0 unspecified atom stereocenters. The largest absolute Gasteiger partial charge is 0.322 e. The molecule has 0 aliphatic heterocycles. The van der Waals surface area contributed by atoms with Crippen LogP contribution in [0.2, 0.25) is 0 Å². The Balaban J connectivity index is 1.59. The highest BCUT2D eigenvalue weighted by Gasteiger charge is 2.22. The van der Waals surface area contributed by atoms with Crippen molar-refractivity contribution in [2.24, 2.45) is 0 Å². The summed E-state index contributed by atoms with van der Waals surface area (Å²) in [7, 11) is -2.26. The van der Waals surface area contributed by atoms with Gasteiger partial charge in [0.05, 0.1) is 16.3 Å². The van der Waals surface area contributed by atoms with Crippen LogP contribution in [0.5, 0.6) is 0 Å². The third-order valence-electron chi connectivity index (χ3n) is 4.60. The second-order valence-electron chi connectivity index (χ2n) is 6.52. The number of carbonyl (C=O) groups is 1. The first-order valence-corrected chi connectivity index (χ1v) is 11.4. The molecule has 4 aromatic rings. The number of benzene rings is 2. The van der Waals surface area contributed by atoms with Gasteiger partial charge in [0.1, 0.15) is 4.88 Å². The molecule has 2 heterocycles. The number of rotatable bonds is 6. The molecule has 8 heteroatoms. The Labute approximate surface area is 179 Å². The number of sulfonamides is 1. The van der Waals surface area contributed by atoms with Crippen LogP contribution in [0, 0.1) is 0 Å². The lowest BCUT2D eigenvalue weighted by Crippen LogP contribution is -2.26. The number of thiophene rings is 1. The van der Waals surface area contributed by atoms with Crippen molar-refractivity contribution in [2.45, 2.75) is 4.90 Å². The van der Waals surface area contributed by atoms with E-state index < -0.39 is 10.0 Å². The smallest absolute Gasteiger partial charge is 0.267 e. The summed E-state index contributed by atoms with van der Waals surface area (Å²) in [5, 5.41) is 4.66. The molecule has 6 nitrogen and oxygen atoms in total. The van der Waals surface area contributed by atoms with Crippen molar-refractivity contribution in [3.05, 3.63) is 95.4 Å². The lowest BCUT2D eigenvalue weighted by atomic mass is 10.3. The van der Waals surface area contributed by atoms with Gasteiger partial charge < -0.3 is 9.88 Å². The molecule has 1 amide bonds. The summed E-state index contributed by atoms with van der Waals surface area (Å²) >= 11 is 1.33. The van der Waals surface area contributed by atoms with Crippen LogP contribution in [0.4, 0.5) is 11.4 Å². The number of anilines is 2. The summed E-state index contributed by atoms with van der Waals surface area (Å²) in [6.07, 6.45) is 3.73. The molecule has 152 valence electrons. The summed E-state index contributed by atoms with van der Waals surface area (Å²) in [5.41, 5.74) is 1.74. The van der Waals surface area contributed by atoms with Gasteiger partial charge in [0, 0.05) is 25.1 Å². The van der Waals surface area contributed by atoms with E-state index in [1.165, 1.54) is 34.8 Å². The quantitative estimate of drug-likeness (QED) is 0.479. The van der Waals surface area contributed by atoms with Gasteiger partial charge in [0.2, 0.25) is 0 Å². The Morgan fingerprint density at radius 1 is 0.967 bits per heavy atom. The number of nitrogens with one attached hydrogen (secondary N) is 1. The molecule has 0 saturated carbocycles.